The minimum absolute atomic E-state index is 0.231. The molecule has 1 heterocycles. The molecule has 0 radical (unpaired) electrons. The molecular weight excluding hydrogens is 294 g/mol. The first-order valence-electron chi connectivity index (χ1n) is 6.57. The highest BCUT2D eigenvalue weighted by molar-refractivity contribution is 7.88. The Labute approximate surface area is 125 Å². The van der Waals surface area contributed by atoms with E-state index in [4.69, 9.17) is 4.74 Å². The van der Waals surface area contributed by atoms with Gasteiger partial charge in [-0.05, 0) is 18.6 Å². The van der Waals surface area contributed by atoms with Gasteiger partial charge in [0.2, 0.25) is 10.0 Å². The molecule has 1 amide bonds. The third-order valence-corrected chi connectivity index (χ3v) is 4.10. The summed E-state index contributed by atoms with van der Waals surface area (Å²) in [5, 5.41) is 2.68. The van der Waals surface area contributed by atoms with E-state index in [0.717, 1.165) is 6.26 Å². The summed E-state index contributed by atoms with van der Waals surface area (Å²) in [6.45, 7) is 1.34. The fourth-order valence-corrected chi connectivity index (χ4v) is 2.61. The van der Waals surface area contributed by atoms with Crippen molar-refractivity contribution in [3.63, 3.8) is 0 Å². The van der Waals surface area contributed by atoms with Crippen molar-refractivity contribution in [2.75, 3.05) is 39.6 Å². The molecule has 1 N–H and O–H groups in total. The average Bonchev–Trinajstić information content (AvgIpc) is 2.45. The lowest BCUT2D eigenvalue weighted by molar-refractivity contribution is 0.0950. The Morgan fingerprint density at radius 2 is 2.19 bits per heavy atom. The van der Waals surface area contributed by atoms with Crippen molar-refractivity contribution < 1.29 is 17.9 Å². The van der Waals surface area contributed by atoms with Crippen LogP contribution in [0.5, 0.6) is 0 Å². The molecule has 0 unspecified atom stereocenters. The molecule has 0 atom stereocenters. The first-order chi connectivity index (χ1) is 9.95. The van der Waals surface area contributed by atoms with E-state index in [1.807, 2.05) is 0 Å². The van der Waals surface area contributed by atoms with Crippen molar-refractivity contribution in [3.8, 4) is 0 Å². The molecule has 0 aromatic carbocycles. The molecule has 0 saturated carbocycles. The molecule has 0 saturated heterocycles. The second-order valence-corrected chi connectivity index (χ2v) is 6.49. The van der Waals surface area contributed by atoms with Gasteiger partial charge in [0.15, 0.2) is 0 Å². The van der Waals surface area contributed by atoms with Crippen molar-refractivity contribution in [1.82, 2.24) is 14.6 Å². The highest BCUT2D eigenvalue weighted by Crippen LogP contribution is 2.00. The fraction of sp³-hybridized carbons (Fsp3) is 0.538. The predicted octanol–water partition coefficient (Wildman–Crippen LogP) is 0.109. The van der Waals surface area contributed by atoms with E-state index >= 15 is 0 Å². The summed E-state index contributed by atoms with van der Waals surface area (Å²) in [4.78, 5) is 15.7. The Bertz CT molecular complexity index is 534. The van der Waals surface area contributed by atoms with Gasteiger partial charge in [0.25, 0.3) is 5.91 Å². The number of carbonyl (C=O) groups excluding carboxylic acids is 1. The normalized spacial score (nSPS) is 11.6. The van der Waals surface area contributed by atoms with Crippen molar-refractivity contribution in [1.29, 1.82) is 0 Å². The highest BCUT2D eigenvalue weighted by Gasteiger charge is 2.16. The molecular formula is C13H21N3O4S. The topological polar surface area (TPSA) is 88.6 Å². The molecule has 8 heteroatoms. The highest BCUT2D eigenvalue weighted by atomic mass is 32.2. The van der Waals surface area contributed by atoms with Crippen LogP contribution in [0.4, 0.5) is 0 Å². The number of amides is 1. The van der Waals surface area contributed by atoms with Crippen LogP contribution >= 0.6 is 0 Å². The Hall–Kier alpha value is -1.51. The molecule has 0 aliphatic rings. The van der Waals surface area contributed by atoms with Gasteiger partial charge >= 0.3 is 0 Å². The van der Waals surface area contributed by atoms with Gasteiger partial charge in [-0.25, -0.2) is 12.7 Å². The summed E-state index contributed by atoms with van der Waals surface area (Å²) in [5.74, 6) is -0.270. The van der Waals surface area contributed by atoms with Crippen molar-refractivity contribution in [3.05, 3.63) is 30.1 Å². The standard InChI is InChI=1S/C13H21N3O4S/c1-20-10-4-8-16(21(2,18)19)9-7-15-13(17)12-5-3-6-14-11-12/h3,5-6,11H,4,7-10H2,1-2H3,(H,15,17). The first-order valence-corrected chi connectivity index (χ1v) is 8.42. The molecule has 0 aliphatic carbocycles. The first kappa shape index (κ1) is 17.5. The monoisotopic (exact) mass is 315 g/mol. The van der Waals surface area contributed by atoms with E-state index in [1.54, 1.807) is 25.4 Å². The van der Waals surface area contributed by atoms with Crippen LogP contribution in [0.15, 0.2) is 24.5 Å². The van der Waals surface area contributed by atoms with Gasteiger partial charge in [-0.15, -0.1) is 0 Å². The number of carbonyl (C=O) groups is 1. The number of sulfonamides is 1. The number of ether oxygens (including phenoxy) is 1. The predicted molar refractivity (Wildman–Crippen MR) is 79.5 cm³/mol. The minimum atomic E-state index is -3.29. The second-order valence-electron chi connectivity index (χ2n) is 4.51. The Balaban J connectivity index is 2.44. The number of nitrogens with one attached hydrogen (secondary N) is 1. The van der Waals surface area contributed by atoms with E-state index in [1.165, 1.54) is 10.5 Å². The van der Waals surface area contributed by atoms with Crippen LogP contribution < -0.4 is 5.32 Å². The lowest BCUT2D eigenvalue weighted by Crippen LogP contribution is -2.38. The van der Waals surface area contributed by atoms with Crippen molar-refractivity contribution >= 4 is 15.9 Å². The van der Waals surface area contributed by atoms with Crippen LogP contribution in [-0.4, -0.2) is 63.2 Å². The van der Waals surface area contributed by atoms with Crippen LogP contribution in [0.25, 0.3) is 0 Å². The van der Waals surface area contributed by atoms with Gasteiger partial charge in [-0.1, -0.05) is 0 Å². The molecule has 7 nitrogen and oxygen atoms in total. The summed E-state index contributed by atoms with van der Waals surface area (Å²) < 4.78 is 29.5. The zero-order valence-corrected chi connectivity index (χ0v) is 13.1. The summed E-state index contributed by atoms with van der Waals surface area (Å²) >= 11 is 0. The molecule has 0 fully saturated rings. The Kier molecular flexibility index (Phi) is 7.27. The van der Waals surface area contributed by atoms with Gasteiger partial charge in [-0.3, -0.25) is 9.78 Å². The summed E-state index contributed by atoms with van der Waals surface area (Å²) in [6.07, 6.45) is 4.81. The molecule has 21 heavy (non-hydrogen) atoms. The number of rotatable bonds is 9. The van der Waals surface area contributed by atoms with Crippen LogP contribution in [0, 0.1) is 0 Å². The number of nitrogens with zero attached hydrogens (tertiary/aromatic N) is 2. The maximum Gasteiger partial charge on any atom is 0.252 e. The smallest absolute Gasteiger partial charge is 0.252 e. The van der Waals surface area contributed by atoms with Gasteiger partial charge in [0, 0.05) is 45.7 Å². The average molecular weight is 315 g/mol. The summed E-state index contributed by atoms with van der Waals surface area (Å²) in [6, 6.07) is 3.32. The second kappa shape index (κ2) is 8.71. The van der Waals surface area contributed by atoms with Gasteiger partial charge < -0.3 is 10.1 Å². The number of pyridine rings is 1. The van der Waals surface area contributed by atoms with Gasteiger partial charge in [0.05, 0.1) is 11.8 Å². The Morgan fingerprint density at radius 3 is 2.76 bits per heavy atom. The van der Waals surface area contributed by atoms with E-state index < -0.39 is 10.0 Å². The van der Waals surface area contributed by atoms with E-state index in [2.05, 4.69) is 10.3 Å². The zero-order chi connectivity index (χ0) is 15.7. The van der Waals surface area contributed by atoms with Gasteiger partial charge in [0.1, 0.15) is 0 Å². The van der Waals surface area contributed by atoms with Crippen molar-refractivity contribution in [2.24, 2.45) is 0 Å². The van der Waals surface area contributed by atoms with Crippen molar-refractivity contribution in [2.45, 2.75) is 6.42 Å². The number of aromatic nitrogens is 1. The van der Waals surface area contributed by atoms with Crippen LogP contribution in [0.2, 0.25) is 0 Å². The fourth-order valence-electron chi connectivity index (χ4n) is 1.72. The largest absolute Gasteiger partial charge is 0.385 e. The molecule has 0 spiro atoms. The molecule has 0 bridgehead atoms. The minimum Gasteiger partial charge on any atom is -0.385 e. The number of hydrogen-bond donors (Lipinski definition) is 1. The summed E-state index contributed by atoms with van der Waals surface area (Å²) in [7, 11) is -1.73. The zero-order valence-electron chi connectivity index (χ0n) is 12.3. The van der Waals surface area contributed by atoms with E-state index in [9.17, 15) is 13.2 Å². The molecule has 1 aromatic rings. The maximum atomic E-state index is 11.8. The van der Waals surface area contributed by atoms with E-state index in [0.29, 0.717) is 25.1 Å². The third-order valence-electron chi connectivity index (χ3n) is 2.80. The quantitative estimate of drug-likeness (QED) is 0.653. The number of hydrogen-bond acceptors (Lipinski definition) is 5. The van der Waals surface area contributed by atoms with Crippen LogP contribution in [-0.2, 0) is 14.8 Å². The van der Waals surface area contributed by atoms with Crippen LogP contribution in [0.3, 0.4) is 0 Å². The molecule has 1 aromatic heterocycles. The lowest BCUT2D eigenvalue weighted by Gasteiger charge is -2.19. The third kappa shape index (κ3) is 6.65. The molecule has 1 rings (SSSR count). The Morgan fingerprint density at radius 1 is 1.43 bits per heavy atom. The maximum absolute atomic E-state index is 11.8. The SMILES string of the molecule is COCCCN(CCNC(=O)c1cccnc1)S(C)(=O)=O. The number of methoxy groups -OCH3 is 1. The molecule has 0 aliphatic heterocycles. The molecule has 118 valence electrons. The van der Waals surface area contributed by atoms with Crippen LogP contribution in [0.1, 0.15) is 16.8 Å². The summed E-state index contributed by atoms with van der Waals surface area (Å²) in [5.41, 5.74) is 0.447. The van der Waals surface area contributed by atoms with E-state index in [-0.39, 0.29) is 19.0 Å². The lowest BCUT2D eigenvalue weighted by atomic mass is 10.3. The van der Waals surface area contributed by atoms with Gasteiger partial charge in [-0.2, -0.15) is 0 Å².